The van der Waals surface area contributed by atoms with Crippen molar-refractivity contribution in [3.05, 3.63) is 0 Å². The van der Waals surface area contributed by atoms with E-state index in [0.717, 1.165) is 25.7 Å². The Hall–Kier alpha value is 0.300. The van der Waals surface area contributed by atoms with Gasteiger partial charge in [0, 0.05) is 0 Å². The van der Waals surface area contributed by atoms with Crippen molar-refractivity contribution in [3.63, 3.8) is 0 Å². The molecule has 6 heteroatoms. The lowest BCUT2D eigenvalue weighted by Crippen LogP contribution is -2.59. The second-order valence-electron chi connectivity index (χ2n) is 3.28. The lowest BCUT2D eigenvalue weighted by Gasteiger charge is -2.34. The highest BCUT2D eigenvalue weighted by Gasteiger charge is 2.32. The second kappa shape index (κ2) is 5.40. The van der Waals surface area contributed by atoms with Crippen molar-refractivity contribution in [1.82, 2.24) is 10.6 Å². The number of amidine groups is 1. The number of hydrogen-bond donors (Lipinski definition) is 2. The van der Waals surface area contributed by atoms with Gasteiger partial charge in [-0.15, -0.1) is 0 Å². The highest BCUT2D eigenvalue weighted by atomic mass is 35.5. The van der Waals surface area contributed by atoms with Gasteiger partial charge in [0.15, 0.2) is 16.0 Å². The standard InChI is InChI=1S/C8H14Cl3N3/c1-2-3-4-5-8(11)13-6(9)12-7(10)14-8/h6,13H,2-5H2,1H3,(H,12,14). The third-order valence-corrected chi connectivity index (χ3v) is 2.79. The van der Waals surface area contributed by atoms with Gasteiger partial charge in [0.25, 0.3) is 0 Å². The average Bonchev–Trinajstić information content (AvgIpc) is 2.01. The van der Waals surface area contributed by atoms with Crippen LogP contribution in [-0.2, 0) is 0 Å². The monoisotopic (exact) mass is 257 g/mol. The van der Waals surface area contributed by atoms with E-state index in [1.807, 2.05) is 0 Å². The second-order valence-corrected chi connectivity index (χ2v) is 4.70. The van der Waals surface area contributed by atoms with Crippen molar-refractivity contribution < 1.29 is 0 Å². The molecule has 82 valence electrons. The van der Waals surface area contributed by atoms with E-state index in [0.29, 0.717) is 0 Å². The maximum atomic E-state index is 6.23. The van der Waals surface area contributed by atoms with Gasteiger partial charge in [0.1, 0.15) is 0 Å². The molecule has 0 amide bonds. The van der Waals surface area contributed by atoms with E-state index in [4.69, 9.17) is 34.8 Å². The molecule has 2 N–H and O–H groups in total. The predicted molar refractivity (Wildman–Crippen MR) is 61.9 cm³/mol. The van der Waals surface area contributed by atoms with E-state index in [9.17, 15) is 0 Å². The number of alkyl halides is 2. The number of rotatable bonds is 4. The summed E-state index contributed by atoms with van der Waals surface area (Å²) in [7, 11) is 0. The van der Waals surface area contributed by atoms with Gasteiger partial charge in [-0.1, -0.05) is 43.0 Å². The molecule has 0 fully saturated rings. The van der Waals surface area contributed by atoms with Crippen LogP contribution in [0.2, 0.25) is 0 Å². The first kappa shape index (κ1) is 12.4. The Morgan fingerprint density at radius 2 is 2.21 bits per heavy atom. The maximum Gasteiger partial charge on any atom is 0.196 e. The number of unbranched alkanes of at least 4 members (excludes halogenated alkanes) is 2. The van der Waals surface area contributed by atoms with E-state index < -0.39 is 10.7 Å². The molecule has 2 unspecified atom stereocenters. The summed E-state index contributed by atoms with van der Waals surface area (Å²) >= 11 is 17.8. The number of nitrogens with zero attached hydrogens (tertiary/aromatic N) is 1. The molecule has 0 aromatic heterocycles. The van der Waals surface area contributed by atoms with E-state index in [-0.39, 0.29) is 5.29 Å². The predicted octanol–water partition coefficient (Wildman–Crippen LogP) is 2.77. The summed E-state index contributed by atoms with van der Waals surface area (Å²) < 4.78 is 0. The van der Waals surface area contributed by atoms with Gasteiger partial charge in [-0.05, 0) is 24.4 Å². The summed E-state index contributed by atoms with van der Waals surface area (Å²) in [6.45, 7) is 2.14. The Bertz CT molecular complexity index is 222. The number of aliphatic imine (C=N–C) groups is 1. The topological polar surface area (TPSA) is 36.4 Å². The zero-order valence-electron chi connectivity index (χ0n) is 7.99. The molecule has 1 heterocycles. The normalized spacial score (nSPS) is 32.3. The van der Waals surface area contributed by atoms with Crippen LogP contribution in [-0.4, -0.2) is 16.0 Å². The summed E-state index contributed by atoms with van der Waals surface area (Å²) in [6.07, 6.45) is 4.07. The fourth-order valence-corrected chi connectivity index (χ4v) is 2.33. The fraction of sp³-hybridized carbons (Fsp3) is 0.875. The minimum absolute atomic E-state index is 0.259. The molecule has 0 aliphatic carbocycles. The van der Waals surface area contributed by atoms with Crippen molar-refractivity contribution in [3.8, 4) is 0 Å². The molecule has 0 saturated carbocycles. The van der Waals surface area contributed by atoms with Crippen LogP contribution in [0.5, 0.6) is 0 Å². The summed E-state index contributed by atoms with van der Waals surface area (Å²) in [6, 6.07) is 0. The van der Waals surface area contributed by atoms with Gasteiger partial charge < -0.3 is 5.32 Å². The van der Waals surface area contributed by atoms with Crippen LogP contribution in [0, 0.1) is 0 Å². The third kappa shape index (κ3) is 3.81. The Balaban J connectivity index is 2.45. The Kier molecular flexibility index (Phi) is 4.77. The minimum Gasteiger partial charge on any atom is -0.330 e. The van der Waals surface area contributed by atoms with E-state index in [2.05, 4.69) is 22.5 Å². The van der Waals surface area contributed by atoms with Gasteiger partial charge in [-0.2, -0.15) is 0 Å². The lowest BCUT2D eigenvalue weighted by molar-refractivity contribution is 0.362. The van der Waals surface area contributed by atoms with E-state index >= 15 is 0 Å². The number of hydrogen-bond acceptors (Lipinski definition) is 3. The molecular formula is C8H14Cl3N3. The molecule has 1 aliphatic heterocycles. The van der Waals surface area contributed by atoms with Gasteiger partial charge in [-0.3, -0.25) is 0 Å². The average molecular weight is 259 g/mol. The number of nitrogens with one attached hydrogen (secondary N) is 2. The highest BCUT2D eigenvalue weighted by Crippen LogP contribution is 2.22. The van der Waals surface area contributed by atoms with Crippen LogP contribution in [0.25, 0.3) is 0 Å². The first-order valence-corrected chi connectivity index (χ1v) is 5.87. The molecule has 3 nitrogen and oxygen atoms in total. The van der Waals surface area contributed by atoms with Crippen molar-refractivity contribution in [1.29, 1.82) is 0 Å². The molecule has 0 aromatic rings. The summed E-state index contributed by atoms with van der Waals surface area (Å²) in [5, 5.41) is 5.31. The van der Waals surface area contributed by atoms with Gasteiger partial charge >= 0.3 is 0 Å². The van der Waals surface area contributed by atoms with Crippen LogP contribution in [0.3, 0.4) is 0 Å². The largest absolute Gasteiger partial charge is 0.330 e. The Labute approximate surface area is 99.2 Å². The molecule has 1 aliphatic rings. The summed E-state index contributed by atoms with van der Waals surface area (Å²) in [4.78, 5) is 3.85. The Morgan fingerprint density at radius 3 is 2.79 bits per heavy atom. The minimum atomic E-state index is -0.750. The first-order valence-electron chi connectivity index (χ1n) is 4.68. The zero-order valence-corrected chi connectivity index (χ0v) is 10.3. The quantitative estimate of drug-likeness (QED) is 0.462. The Morgan fingerprint density at radius 1 is 1.50 bits per heavy atom. The maximum absolute atomic E-state index is 6.23. The van der Waals surface area contributed by atoms with Crippen molar-refractivity contribution >= 4 is 40.1 Å². The van der Waals surface area contributed by atoms with Crippen molar-refractivity contribution in [2.45, 2.75) is 43.4 Å². The highest BCUT2D eigenvalue weighted by molar-refractivity contribution is 6.65. The van der Waals surface area contributed by atoms with Crippen LogP contribution < -0.4 is 10.6 Å². The van der Waals surface area contributed by atoms with Crippen molar-refractivity contribution in [2.24, 2.45) is 4.99 Å². The molecule has 0 saturated heterocycles. The molecule has 0 radical (unpaired) electrons. The summed E-state index contributed by atoms with van der Waals surface area (Å²) in [5.74, 6) is 0. The number of halogens is 3. The molecule has 0 aromatic carbocycles. The molecule has 0 bridgehead atoms. The zero-order chi connectivity index (χ0) is 10.6. The third-order valence-electron chi connectivity index (χ3n) is 2.00. The van der Waals surface area contributed by atoms with Crippen molar-refractivity contribution in [2.75, 3.05) is 0 Å². The molecule has 0 spiro atoms. The molecule has 14 heavy (non-hydrogen) atoms. The van der Waals surface area contributed by atoms with Crippen LogP contribution in [0.1, 0.15) is 32.6 Å². The summed E-state index contributed by atoms with van der Waals surface area (Å²) in [5.41, 5.74) is -0.553. The first-order chi connectivity index (χ1) is 6.56. The van der Waals surface area contributed by atoms with E-state index in [1.165, 1.54) is 0 Å². The van der Waals surface area contributed by atoms with Gasteiger partial charge in [0.2, 0.25) is 0 Å². The molecule has 1 rings (SSSR count). The van der Waals surface area contributed by atoms with Gasteiger partial charge in [0.05, 0.1) is 0 Å². The molecule has 2 atom stereocenters. The SMILES string of the molecule is CCCCCC1(Cl)NC(Cl)=NC(Cl)N1. The van der Waals surface area contributed by atoms with Crippen LogP contribution in [0.15, 0.2) is 4.99 Å². The lowest BCUT2D eigenvalue weighted by atomic mass is 10.1. The van der Waals surface area contributed by atoms with Crippen LogP contribution in [0.4, 0.5) is 0 Å². The smallest absolute Gasteiger partial charge is 0.196 e. The van der Waals surface area contributed by atoms with Crippen LogP contribution >= 0.6 is 34.8 Å². The van der Waals surface area contributed by atoms with Gasteiger partial charge in [-0.25, -0.2) is 10.3 Å². The molecular weight excluding hydrogens is 244 g/mol. The fourth-order valence-electron chi connectivity index (χ4n) is 1.31. The van der Waals surface area contributed by atoms with E-state index in [1.54, 1.807) is 0 Å².